The van der Waals surface area contributed by atoms with E-state index in [1.165, 1.54) is 31.4 Å². The number of ether oxygens (including phenoxy) is 1. The van der Waals surface area contributed by atoms with Gasteiger partial charge in [-0.1, -0.05) is 6.07 Å². The van der Waals surface area contributed by atoms with Crippen molar-refractivity contribution >= 4 is 23.5 Å². The molecule has 0 aliphatic rings. The zero-order valence-corrected chi connectivity index (χ0v) is 9.10. The number of nitrogens with one attached hydrogen (secondary N) is 1. The Hall–Kier alpha value is -2.37. The van der Waals surface area contributed by atoms with Crippen LogP contribution in [-0.2, 0) is 14.3 Å². The minimum absolute atomic E-state index is 0.0564. The number of carbonyl (C=O) groups excluding carboxylic acids is 2. The molecule has 6 heteroatoms. The molecular weight excluding hydrogens is 226 g/mol. The van der Waals surface area contributed by atoms with Gasteiger partial charge in [-0.2, -0.15) is 0 Å². The van der Waals surface area contributed by atoms with Gasteiger partial charge in [0.25, 0.3) is 0 Å². The summed E-state index contributed by atoms with van der Waals surface area (Å²) in [6.45, 7) is 0. The summed E-state index contributed by atoms with van der Waals surface area (Å²) < 4.78 is 4.33. The largest absolute Gasteiger partial charge is 0.478 e. The molecule has 0 saturated carbocycles. The van der Waals surface area contributed by atoms with Gasteiger partial charge in [0.05, 0.1) is 12.7 Å². The van der Waals surface area contributed by atoms with Gasteiger partial charge in [-0.25, -0.2) is 4.79 Å². The standard InChI is InChI=1S/C11H11NO5/c1-17-10(14)6-9(13)12-8-4-2-3-7(5-8)11(15)16/h2-5H,6H2,1H3,(H,12,13)(H,15,16). The summed E-state index contributed by atoms with van der Waals surface area (Å²) >= 11 is 0. The Bertz CT molecular complexity index is 455. The number of carboxylic acids is 1. The third kappa shape index (κ3) is 3.94. The fourth-order valence-electron chi connectivity index (χ4n) is 1.14. The summed E-state index contributed by atoms with van der Waals surface area (Å²) in [5.41, 5.74) is 0.375. The second kappa shape index (κ2) is 5.64. The van der Waals surface area contributed by atoms with Crippen molar-refractivity contribution in [2.24, 2.45) is 0 Å². The molecule has 1 amide bonds. The molecule has 0 fully saturated rings. The fourth-order valence-corrected chi connectivity index (χ4v) is 1.14. The second-order valence-corrected chi connectivity index (χ2v) is 3.19. The van der Waals surface area contributed by atoms with Crippen molar-refractivity contribution in [1.29, 1.82) is 0 Å². The van der Waals surface area contributed by atoms with Gasteiger partial charge >= 0.3 is 11.9 Å². The molecular formula is C11H11NO5. The van der Waals surface area contributed by atoms with E-state index in [9.17, 15) is 14.4 Å². The lowest BCUT2D eigenvalue weighted by Crippen LogP contribution is -2.17. The SMILES string of the molecule is COC(=O)CC(=O)Nc1cccc(C(=O)O)c1. The molecule has 0 heterocycles. The number of aromatic carboxylic acids is 1. The summed E-state index contributed by atoms with van der Waals surface area (Å²) in [5, 5.41) is 11.1. The molecule has 0 saturated heterocycles. The van der Waals surface area contributed by atoms with E-state index < -0.39 is 24.3 Å². The molecule has 0 unspecified atom stereocenters. The predicted molar refractivity (Wildman–Crippen MR) is 58.7 cm³/mol. The first-order valence-corrected chi connectivity index (χ1v) is 4.73. The Kier molecular flexibility index (Phi) is 4.21. The van der Waals surface area contributed by atoms with E-state index in [2.05, 4.69) is 10.1 Å². The van der Waals surface area contributed by atoms with Crippen molar-refractivity contribution in [3.63, 3.8) is 0 Å². The van der Waals surface area contributed by atoms with Crippen LogP contribution in [0.4, 0.5) is 5.69 Å². The van der Waals surface area contributed by atoms with Crippen LogP contribution in [0.5, 0.6) is 0 Å². The zero-order valence-electron chi connectivity index (χ0n) is 9.10. The highest BCUT2D eigenvalue weighted by Crippen LogP contribution is 2.10. The average Bonchev–Trinajstić information content (AvgIpc) is 2.28. The highest BCUT2D eigenvalue weighted by Gasteiger charge is 2.10. The number of carbonyl (C=O) groups is 3. The number of carboxylic acid groups (broad SMARTS) is 1. The van der Waals surface area contributed by atoms with Crippen molar-refractivity contribution in [2.75, 3.05) is 12.4 Å². The molecule has 17 heavy (non-hydrogen) atoms. The van der Waals surface area contributed by atoms with Gasteiger partial charge in [0.1, 0.15) is 6.42 Å². The predicted octanol–water partition coefficient (Wildman–Crippen LogP) is 0.886. The van der Waals surface area contributed by atoms with Gasteiger partial charge in [-0.05, 0) is 18.2 Å². The van der Waals surface area contributed by atoms with Gasteiger partial charge in [-0.3, -0.25) is 9.59 Å². The Balaban J connectivity index is 2.68. The highest BCUT2D eigenvalue weighted by atomic mass is 16.5. The van der Waals surface area contributed by atoms with E-state index in [0.29, 0.717) is 5.69 Å². The maximum absolute atomic E-state index is 11.3. The normalized spacial score (nSPS) is 9.47. The molecule has 0 spiro atoms. The molecule has 6 nitrogen and oxygen atoms in total. The molecule has 1 rings (SSSR count). The molecule has 0 aromatic heterocycles. The van der Waals surface area contributed by atoms with Crippen LogP contribution < -0.4 is 5.32 Å². The summed E-state index contributed by atoms with van der Waals surface area (Å²) in [6.07, 6.45) is -0.409. The van der Waals surface area contributed by atoms with Gasteiger partial charge in [0.15, 0.2) is 0 Å². The van der Waals surface area contributed by atoms with Crippen LogP contribution in [0.3, 0.4) is 0 Å². The van der Waals surface area contributed by atoms with Crippen LogP contribution in [0.2, 0.25) is 0 Å². The van der Waals surface area contributed by atoms with Crippen LogP contribution in [0, 0.1) is 0 Å². The fraction of sp³-hybridized carbons (Fsp3) is 0.182. The minimum Gasteiger partial charge on any atom is -0.478 e. The second-order valence-electron chi connectivity index (χ2n) is 3.19. The lowest BCUT2D eigenvalue weighted by atomic mass is 10.2. The third-order valence-corrected chi connectivity index (χ3v) is 1.93. The number of amides is 1. The van der Waals surface area contributed by atoms with Crippen LogP contribution in [0.15, 0.2) is 24.3 Å². The van der Waals surface area contributed by atoms with E-state index in [-0.39, 0.29) is 5.56 Å². The third-order valence-electron chi connectivity index (χ3n) is 1.93. The van der Waals surface area contributed by atoms with E-state index in [1.807, 2.05) is 0 Å². The molecule has 0 radical (unpaired) electrons. The first-order chi connectivity index (χ1) is 8.02. The summed E-state index contributed by atoms with van der Waals surface area (Å²) in [5.74, 6) is -2.30. The van der Waals surface area contributed by atoms with Gasteiger partial charge in [0.2, 0.25) is 5.91 Å². The molecule has 0 bridgehead atoms. The molecule has 0 aliphatic heterocycles. The van der Waals surface area contributed by atoms with Crippen LogP contribution in [0.25, 0.3) is 0 Å². The summed E-state index contributed by atoms with van der Waals surface area (Å²) in [7, 11) is 1.18. The molecule has 1 aromatic rings. The Morgan fingerprint density at radius 2 is 2.06 bits per heavy atom. The Labute approximate surface area is 97.2 Å². The Morgan fingerprint density at radius 3 is 2.65 bits per heavy atom. The maximum atomic E-state index is 11.3. The van der Waals surface area contributed by atoms with Crippen molar-refractivity contribution in [1.82, 2.24) is 0 Å². The highest BCUT2D eigenvalue weighted by molar-refractivity contribution is 6.02. The summed E-state index contributed by atoms with van der Waals surface area (Å²) in [4.78, 5) is 32.8. The van der Waals surface area contributed by atoms with Gasteiger partial charge < -0.3 is 15.2 Å². The molecule has 0 aliphatic carbocycles. The number of anilines is 1. The Morgan fingerprint density at radius 1 is 1.35 bits per heavy atom. The zero-order chi connectivity index (χ0) is 12.8. The van der Waals surface area contributed by atoms with E-state index in [4.69, 9.17) is 5.11 Å². The maximum Gasteiger partial charge on any atom is 0.335 e. The average molecular weight is 237 g/mol. The number of benzene rings is 1. The molecule has 90 valence electrons. The monoisotopic (exact) mass is 237 g/mol. The van der Waals surface area contributed by atoms with Crippen molar-refractivity contribution < 1.29 is 24.2 Å². The molecule has 2 N–H and O–H groups in total. The van der Waals surface area contributed by atoms with Crippen molar-refractivity contribution in [3.8, 4) is 0 Å². The first kappa shape index (κ1) is 12.7. The number of methoxy groups -OCH3 is 1. The van der Waals surface area contributed by atoms with E-state index in [0.717, 1.165) is 0 Å². The van der Waals surface area contributed by atoms with Crippen molar-refractivity contribution in [3.05, 3.63) is 29.8 Å². The van der Waals surface area contributed by atoms with E-state index >= 15 is 0 Å². The number of hydrogen-bond donors (Lipinski definition) is 2. The van der Waals surface area contributed by atoms with Crippen LogP contribution in [0.1, 0.15) is 16.8 Å². The number of rotatable bonds is 4. The van der Waals surface area contributed by atoms with Gasteiger partial charge in [-0.15, -0.1) is 0 Å². The van der Waals surface area contributed by atoms with Crippen LogP contribution >= 0.6 is 0 Å². The molecule has 1 aromatic carbocycles. The first-order valence-electron chi connectivity index (χ1n) is 4.73. The topological polar surface area (TPSA) is 92.7 Å². The lowest BCUT2D eigenvalue weighted by Gasteiger charge is -2.05. The number of hydrogen-bond acceptors (Lipinski definition) is 4. The van der Waals surface area contributed by atoms with E-state index in [1.54, 1.807) is 0 Å². The minimum atomic E-state index is -1.09. The lowest BCUT2D eigenvalue weighted by molar-refractivity contribution is -0.142. The summed E-state index contributed by atoms with van der Waals surface area (Å²) in [6, 6.07) is 5.73. The smallest absolute Gasteiger partial charge is 0.335 e. The van der Waals surface area contributed by atoms with Crippen LogP contribution in [-0.4, -0.2) is 30.1 Å². The number of esters is 1. The van der Waals surface area contributed by atoms with Gasteiger partial charge in [0, 0.05) is 5.69 Å². The van der Waals surface area contributed by atoms with Crippen molar-refractivity contribution in [2.45, 2.75) is 6.42 Å². The molecule has 0 atom stereocenters. The quantitative estimate of drug-likeness (QED) is 0.599.